The standard InChI is InChI=1S/C15H20F2N2O2/c1-11-7-15(16,17)10-19(13(11)8-18)14(20)21-9-12-5-3-2-4-6-12/h2-6,11,13H,7-10,18H2,1H3/t11-,13-/m1/s1. The number of benzene rings is 1. The second-order valence-corrected chi connectivity index (χ2v) is 5.51. The lowest BCUT2D eigenvalue weighted by molar-refractivity contribution is -0.0961. The number of alkyl halides is 2. The van der Waals surface area contributed by atoms with Gasteiger partial charge >= 0.3 is 6.09 Å². The summed E-state index contributed by atoms with van der Waals surface area (Å²) in [5.41, 5.74) is 6.44. The number of carbonyl (C=O) groups is 1. The van der Waals surface area contributed by atoms with Crippen LogP contribution in [0.15, 0.2) is 30.3 Å². The summed E-state index contributed by atoms with van der Waals surface area (Å²) in [6, 6.07) is 8.70. The van der Waals surface area contributed by atoms with Gasteiger partial charge in [-0.2, -0.15) is 0 Å². The van der Waals surface area contributed by atoms with E-state index in [9.17, 15) is 13.6 Å². The molecule has 1 aliphatic rings. The number of likely N-dealkylation sites (tertiary alicyclic amines) is 1. The Labute approximate surface area is 122 Å². The van der Waals surface area contributed by atoms with Gasteiger partial charge < -0.3 is 10.5 Å². The molecule has 1 aromatic carbocycles. The quantitative estimate of drug-likeness (QED) is 0.933. The molecule has 0 aliphatic carbocycles. The lowest BCUT2D eigenvalue weighted by Crippen LogP contribution is -2.57. The second-order valence-electron chi connectivity index (χ2n) is 5.51. The van der Waals surface area contributed by atoms with Crippen molar-refractivity contribution in [2.24, 2.45) is 11.7 Å². The average molecular weight is 298 g/mol. The lowest BCUT2D eigenvalue weighted by Gasteiger charge is -2.42. The molecule has 0 radical (unpaired) electrons. The van der Waals surface area contributed by atoms with E-state index in [1.54, 1.807) is 19.1 Å². The van der Waals surface area contributed by atoms with Crippen LogP contribution < -0.4 is 5.73 Å². The van der Waals surface area contributed by atoms with Gasteiger partial charge in [0.25, 0.3) is 5.92 Å². The molecule has 2 N–H and O–H groups in total. The maximum Gasteiger partial charge on any atom is 0.410 e. The third-order valence-electron chi connectivity index (χ3n) is 3.76. The molecule has 1 aliphatic heterocycles. The van der Waals surface area contributed by atoms with Crippen molar-refractivity contribution in [2.75, 3.05) is 13.1 Å². The fourth-order valence-corrected chi connectivity index (χ4v) is 2.71. The minimum atomic E-state index is -2.89. The van der Waals surface area contributed by atoms with E-state index >= 15 is 0 Å². The molecule has 0 spiro atoms. The molecule has 0 unspecified atom stereocenters. The molecule has 2 atom stereocenters. The van der Waals surface area contributed by atoms with Crippen molar-refractivity contribution in [1.82, 2.24) is 4.90 Å². The number of hydrogen-bond acceptors (Lipinski definition) is 3. The van der Waals surface area contributed by atoms with Gasteiger partial charge in [-0.3, -0.25) is 4.90 Å². The first-order valence-electron chi connectivity index (χ1n) is 6.98. The van der Waals surface area contributed by atoms with E-state index < -0.39 is 24.6 Å². The molecule has 116 valence electrons. The molecule has 1 heterocycles. The highest BCUT2D eigenvalue weighted by atomic mass is 19.3. The summed E-state index contributed by atoms with van der Waals surface area (Å²) in [4.78, 5) is 13.2. The van der Waals surface area contributed by atoms with Gasteiger partial charge in [0.1, 0.15) is 6.61 Å². The predicted molar refractivity (Wildman–Crippen MR) is 74.9 cm³/mol. The van der Waals surface area contributed by atoms with E-state index in [0.29, 0.717) is 0 Å². The second kappa shape index (κ2) is 6.39. The number of piperidine rings is 1. The molecule has 4 nitrogen and oxygen atoms in total. The van der Waals surface area contributed by atoms with Gasteiger partial charge in [-0.15, -0.1) is 0 Å². The third kappa shape index (κ3) is 3.91. The van der Waals surface area contributed by atoms with Crippen LogP contribution in [-0.4, -0.2) is 36.0 Å². The Bertz CT molecular complexity index is 482. The van der Waals surface area contributed by atoms with Crippen LogP contribution in [0.1, 0.15) is 18.9 Å². The molecule has 1 aromatic rings. The highest BCUT2D eigenvalue weighted by molar-refractivity contribution is 5.68. The minimum Gasteiger partial charge on any atom is -0.445 e. The van der Waals surface area contributed by atoms with Crippen LogP contribution in [0.2, 0.25) is 0 Å². The Morgan fingerprint density at radius 3 is 2.71 bits per heavy atom. The Morgan fingerprint density at radius 2 is 2.10 bits per heavy atom. The molecule has 6 heteroatoms. The normalized spacial score (nSPS) is 24.7. The fourth-order valence-electron chi connectivity index (χ4n) is 2.71. The van der Waals surface area contributed by atoms with Crippen LogP contribution >= 0.6 is 0 Å². The Morgan fingerprint density at radius 1 is 1.43 bits per heavy atom. The van der Waals surface area contributed by atoms with Gasteiger partial charge in [0, 0.05) is 13.0 Å². The summed E-state index contributed by atoms with van der Waals surface area (Å²) < 4.78 is 32.4. The monoisotopic (exact) mass is 298 g/mol. The average Bonchev–Trinajstić information content (AvgIpc) is 2.44. The number of ether oxygens (including phenoxy) is 1. The first-order chi connectivity index (χ1) is 9.93. The van der Waals surface area contributed by atoms with Crippen LogP contribution in [0.5, 0.6) is 0 Å². The van der Waals surface area contributed by atoms with Crippen molar-refractivity contribution in [3.05, 3.63) is 35.9 Å². The maximum atomic E-state index is 13.6. The first-order valence-corrected chi connectivity index (χ1v) is 6.98. The molecule has 1 fully saturated rings. The topological polar surface area (TPSA) is 55.6 Å². The van der Waals surface area contributed by atoms with E-state index in [0.717, 1.165) is 10.5 Å². The summed E-state index contributed by atoms with van der Waals surface area (Å²) in [5.74, 6) is -3.25. The Hall–Kier alpha value is -1.69. The first kappa shape index (κ1) is 15.7. The summed E-state index contributed by atoms with van der Waals surface area (Å²) in [5, 5.41) is 0. The summed E-state index contributed by atoms with van der Waals surface area (Å²) >= 11 is 0. The number of amides is 1. The van der Waals surface area contributed by atoms with Crippen molar-refractivity contribution < 1.29 is 18.3 Å². The SMILES string of the molecule is C[C@@H]1CC(F)(F)CN(C(=O)OCc2ccccc2)[C@@H]1CN. The predicted octanol–water partition coefficient (Wildman–Crippen LogP) is 2.63. The number of nitrogens with zero attached hydrogens (tertiary/aromatic N) is 1. The van der Waals surface area contributed by atoms with Crippen molar-refractivity contribution in [1.29, 1.82) is 0 Å². The number of hydrogen-bond donors (Lipinski definition) is 1. The van der Waals surface area contributed by atoms with Crippen molar-refractivity contribution in [3.63, 3.8) is 0 Å². The van der Waals surface area contributed by atoms with E-state index in [1.807, 2.05) is 18.2 Å². The van der Waals surface area contributed by atoms with E-state index in [2.05, 4.69) is 0 Å². The van der Waals surface area contributed by atoms with Crippen LogP contribution in [0, 0.1) is 5.92 Å². The lowest BCUT2D eigenvalue weighted by atomic mass is 9.89. The number of carbonyl (C=O) groups excluding carboxylic acids is 1. The van der Waals surface area contributed by atoms with E-state index in [1.165, 1.54) is 0 Å². The maximum absolute atomic E-state index is 13.6. The van der Waals surface area contributed by atoms with Gasteiger partial charge in [0.2, 0.25) is 0 Å². The molecule has 1 amide bonds. The summed E-state index contributed by atoms with van der Waals surface area (Å²) in [7, 11) is 0. The molecular formula is C15H20F2N2O2. The number of nitrogens with two attached hydrogens (primary N) is 1. The van der Waals surface area contributed by atoms with Gasteiger partial charge in [0.05, 0.1) is 12.6 Å². The van der Waals surface area contributed by atoms with Crippen LogP contribution in [0.3, 0.4) is 0 Å². The van der Waals surface area contributed by atoms with Crippen LogP contribution in [-0.2, 0) is 11.3 Å². The number of halogens is 2. The van der Waals surface area contributed by atoms with Crippen molar-refractivity contribution in [3.8, 4) is 0 Å². The summed E-state index contributed by atoms with van der Waals surface area (Å²) in [6.07, 6.45) is -0.988. The smallest absolute Gasteiger partial charge is 0.410 e. The zero-order valence-corrected chi connectivity index (χ0v) is 12.0. The van der Waals surface area contributed by atoms with Crippen LogP contribution in [0.25, 0.3) is 0 Å². The molecule has 0 bridgehead atoms. The van der Waals surface area contributed by atoms with E-state index in [4.69, 9.17) is 10.5 Å². The molecule has 0 saturated carbocycles. The zero-order valence-electron chi connectivity index (χ0n) is 12.0. The fraction of sp³-hybridized carbons (Fsp3) is 0.533. The highest BCUT2D eigenvalue weighted by Crippen LogP contribution is 2.34. The molecule has 2 rings (SSSR count). The van der Waals surface area contributed by atoms with Crippen LogP contribution in [0.4, 0.5) is 13.6 Å². The largest absolute Gasteiger partial charge is 0.445 e. The highest BCUT2D eigenvalue weighted by Gasteiger charge is 2.46. The van der Waals surface area contributed by atoms with Gasteiger partial charge in [-0.1, -0.05) is 37.3 Å². The third-order valence-corrected chi connectivity index (χ3v) is 3.76. The van der Waals surface area contributed by atoms with Crippen molar-refractivity contribution in [2.45, 2.75) is 31.9 Å². The molecule has 1 saturated heterocycles. The molecular weight excluding hydrogens is 278 g/mol. The summed E-state index contributed by atoms with van der Waals surface area (Å²) in [6.45, 7) is 1.26. The Kier molecular flexibility index (Phi) is 4.77. The minimum absolute atomic E-state index is 0.0629. The van der Waals surface area contributed by atoms with Gasteiger partial charge in [0.15, 0.2) is 0 Å². The number of rotatable bonds is 3. The zero-order chi connectivity index (χ0) is 15.5. The Balaban J connectivity index is 2.01. The van der Waals surface area contributed by atoms with Gasteiger partial charge in [-0.05, 0) is 11.5 Å². The van der Waals surface area contributed by atoms with Gasteiger partial charge in [-0.25, -0.2) is 13.6 Å². The molecule has 0 aromatic heterocycles. The molecule has 21 heavy (non-hydrogen) atoms. The van der Waals surface area contributed by atoms with Crippen molar-refractivity contribution >= 4 is 6.09 Å². The van der Waals surface area contributed by atoms with E-state index in [-0.39, 0.29) is 25.5 Å².